The van der Waals surface area contributed by atoms with Gasteiger partial charge in [-0.15, -0.1) is 0 Å². The predicted molar refractivity (Wildman–Crippen MR) is 54.6 cm³/mol. The van der Waals surface area contributed by atoms with Crippen LogP contribution in [0.15, 0.2) is 30.3 Å². The summed E-state index contributed by atoms with van der Waals surface area (Å²) in [7, 11) is 0. The zero-order valence-electron chi connectivity index (χ0n) is 6.74. The van der Waals surface area contributed by atoms with Gasteiger partial charge in [-0.05, 0) is 0 Å². The Labute approximate surface area is 75.5 Å². The van der Waals surface area contributed by atoms with Gasteiger partial charge in [-0.3, -0.25) is 0 Å². The van der Waals surface area contributed by atoms with Gasteiger partial charge in [0.1, 0.15) is 0 Å². The minimum absolute atomic E-state index is 1.01. The molecule has 0 aliphatic rings. The van der Waals surface area contributed by atoms with Crippen LogP contribution in [0.4, 0.5) is 5.69 Å². The van der Waals surface area contributed by atoms with Crippen molar-refractivity contribution < 1.29 is 0 Å². The van der Waals surface area contributed by atoms with Crippen LogP contribution in [0.3, 0.4) is 0 Å². The van der Waals surface area contributed by atoms with Crippen molar-refractivity contribution in [3.8, 4) is 0 Å². The van der Waals surface area contributed by atoms with Crippen LogP contribution in [0.1, 0.15) is 0 Å². The predicted octanol–water partition coefficient (Wildman–Crippen LogP) is 2.37. The third kappa shape index (κ3) is 3.76. The summed E-state index contributed by atoms with van der Waals surface area (Å²) in [6.45, 7) is 4.42. The van der Waals surface area contributed by atoms with E-state index in [0.29, 0.717) is 0 Å². The molecule has 0 saturated carbocycles. The average molecular weight is 232 g/mol. The summed E-state index contributed by atoms with van der Waals surface area (Å²) < 4.78 is 0. The second kappa shape index (κ2) is 3.58. The molecule has 0 radical (unpaired) electrons. The number of anilines is 1. The van der Waals surface area contributed by atoms with Crippen LogP contribution in [0.25, 0.3) is 0 Å². The zero-order chi connectivity index (χ0) is 8.32. The molecule has 0 saturated heterocycles. The first kappa shape index (κ1) is 9.06. The average Bonchev–Trinajstić information content (AvgIpc) is 1.85. The van der Waals surface area contributed by atoms with E-state index in [-0.39, 0.29) is 0 Å². The Balaban J connectivity index is 2.74. The molecule has 0 heterocycles. The molecule has 1 N–H and O–H groups in total. The molecule has 0 unspecified atom stereocenters. The van der Waals surface area contributed by atoms with Crippen molar-refractivity contribution in [2.45, 2.75) is 0 Å². The molecule has 0 aliphatic carbocycles. The summed E-state index contributed by atoms with van der Waals surface area (Å²) in [5.74, 6) is 0. The summed E-state index contributed by atoms with van der Waals surface area (Å²) in [4.78, 5) is 0. The molecule has 3 heteroatoms. The van der Waals surface area contributed by atoms with Crippen molar-refractivity contribution in [2.75, 3.05) is 18.4 Å². The van der Waals surface area contributed by atoms with Crippen LogP contribution in [0, 0.1) is 0 Å². The maximum atomic E-state index is 3.44. The molecule has 60 valence electrons. The first-order valence-electron chi connectivity index (χ1n) is 3.46. The van der Waals surface area contributed by atoms with Gasteiger partial charge in [0.25, 0.3) is 0 Å². The number of benzene rings is 1. The van der Waals surface area contributed by atoms with Crippen molar-refractivity contribution in [3.05, 3.63) is 30.3 Å². The molecule has 11 heavy (non-hydrogen) atoms. The molecule has 0 fully saturated rings. The Bertz CT molecular complexity index is 265. The molecular weight excluding hydrogens is 220 g/mol. The van der Waals surface area contributed by atoms with Gasteiger partial charge in [0.05, 0.1) is 0 Å². The van der Waals surface area contributed by atoms with Crippen molar-refractivity contribution in [2.24, 2.45) is 0 Å². The van der Waals surface area contributed by atoms with Crippen LogP contribution >= 0.6 is 5.66 Å². The monoisotopic (exact) mass is 233 g/mol. The fourth-order valence-electron chi connectivity index (χ4n) is 0.824. The van der Waals surface area contributed by atoms with E-state index in [0.717, 1.165) is 0 Å². The van der Waals surface area contributed by atoms with Crippen molar-refractivity contribution in [1.82, 2.24) is 0 Å². The number of hydrogen-bond donors (Lipinski definition) is 1. The topological polar surface area (TPSA) is 12.0 Å². The van der Waals surface area contributed by atoms with Gasteiger partial charge in [-0.2, -0.15) is 0 Å². The fourth-order valence-corrected chi connectivity index (χ4v) is 2.26. The zero-order valence-corrected chi connectivity index (χ0v) is 9.35. The summed E-state index contributed by atoms with van der Waals surface area (Å²) in [5, 5.41) is 3.44. The van der Waals surface area contributed by atoms with Crippen LogP contribution < -0.4 is 5.09 Å². The van der Waals surface area contributed by atoms with Gasteiger partial charge in [-0.25, -0.2) is 0 Å². The van der Waals surface area contributed by atoms with Gasteiger partial charge in [0.15, 0.2) is 0 Å². The van der Waals surface area contributed by atoms with E-state index in [9.17, 15) is 0 Å². The maximum absolute atomic E-state index is 3.44. The normalized spacial score (nSPS) is 11.1. The van der Waals surface area contributed by atoms with E-state index < -0.39 is 5.66 Å². The van der Waals surface area contributed by atoms with Gasteiger partial charge < -0.3 is 0 Å². The fraction of sp³-hybridized carbons (Fsp3) is 0.250. The Hall–Kier alpha value is -0.0305. The van der Waals surface area contributed by atoms with E-state index in [1.165, 1.54) is 5.69 Å². The SMILES string of the molecule is CP(C)(=[Se])Nc1ccccc1. The molecule has 1 aromatic rings. The van der Waals surface area contributed by atoms with Crippen LogP contribution in [0.2, 0.25) is 0 Å². The molecule has 0 amide bonds. The summed E-state index contributed by atoms with van der Waals surface area (Å²) in [6, 6.07) is 10.3. The van der Waals surface area contributed by atoms with Gasteiger partial charge >= 0.3 is 75.2 Å². The molecule has 1 aromatic carbocycles. The van der Waals surface area contributed by atoms with Crippen LogP contribution in [-0.2, 0) is 0 Å². The molecule has 0 bridgehead atoms. The van der Waals surface area contributed by atoms with Crippen LogP contribution in [0.5, 0.6) is 0 Å². The summed E-state index contributed by atoms with van der Waals surface area (Å²) in [6.07, 6.45) is 0. The first-order chi connectivity index (χ1) is 5.08. The van der Waals surface area contributed by atoms with Crippen molar-refractivity contribution in [3.63, 3.8) is 0 Å². The second-order valence-corrected chi connectivity index (χ2v) is 11.5. The van der Waals surface area contributed by atoms with E-state index in [1.54, 1.807) is 0 Å². The Kier molecular flexibility index (Phi) is 2.95. The number of para-hydroxylation sites is 1. The Morgan fingerprint density at radius 2 is 1.73 bits per heavy atom. The van der Waals surface area contributed by atoms with E-state index in [4.69, 9.17) is 0 Å². The van der Waals surface area contributed by atoms with Gasteiger partial charge in [0.2, 0.25) is 0 Å². The Morgan fingerprint density at radius 3 is 2.18 bits per heavy atom. The van der Waals surface area contributed by atoms with Gasteiger partial charge in [0, 0.05) is 0 Å². The molecule has 0 aliphatic heterocycles. The first-order valence-corrected chi connectivity index (χ1v) is 8.36. The van der Waals surface area contributed by atoms with E-state index in [1.807, 2.05) is 18.2 Å². The number of rotatable bonds is 2. The quantitative estimate of drug-likeness (QED) is 0.609. The van der Waals surface area contributed by atoms with E-state index >= 15 is 0 Å². The molecule has 1 nitrogen and oxygen atoms in total. The van der Waals surface area contributed by atoms with Crippen molar-refractivity contribution >= 4 is 26.4 Å². The molecule has 0 atom stereocenters. The molecule has 0 aromatic heterocycles. The molecule has 1 rings (SSSR count). The number of hydrogen-bond acceptors (Lipinski definition) is 1. The number of nitrogens with one attached hydrogen (secondary N) is 1. The molecular formula is C8H12NPSe. The van der Waals surface area contributed by atoms with Crippen LogP contribution in [-0.4, -0.2) is 28.4 Å². The second-order valence-electron chi connectivity index (χ2n) is 2.83. The Morgan fingerprint density at radius 1 is 1.18 bits per heavy atom. The van der Waals surface area contributed by atoms with E-state index in [2.05, 4.69) is 45.6 Å². The third-order valence-corrected chi connectivity index (χ3v) is 2.54. The van der Waals surface area contributed by atoms with Gasteiger partial charge in [-0.1, -0.05) is 0 Å². The third-order valence-electron chi connectivity index (χ3n) is 1.17. The summed E-state index contributed by atoms with van der Waals surface area (Å²) >= 11 is 3.16. The van der Waals surface area contributed by atoms with Crippen molar-refractivity contribution in [1.29, 1.82) is 0 Å². The molecule has 0 spiro atoms. The summed E-state index contributed by atoms with van der Waals surface area (Å²) in [5.41, 5.74) is 0.186. The minimum atomic E-state index is -1.01. The standard InChI is InChI=1S/C8H12NPSe/c1-10(2,11)9-8-6-4-3-5-7-8/h3-7H,1-2H3,(H,9,11).